The molecule has 1 aromatic rings. The van der Waals surface area contributed by atoms with Crippen molar-refractivity contribution in [3.8, 4) is 6.07 Å². The molecule has 0 saturated heterocycles. The molecule has 0 aliphatic heterocycles. The van der Waals surface area contributed by atoms with Crippen LogP contribution in [0.15, 0.2) is 12.1 Å². The number of carbonyl (C=O) groups is 1. The van der Waals surface area contributed by atoms with Crippen LogP contribution < -0.4 is 5.32 Å². The van der Waals surface area contributed by atoms with Gasteiger partial charge in [-0.05, 0) is 6.07 Å². The molecule has 0 radical (unpaired) electrons. The molecular formula is C8H4ClFN2O. The van der Waals surface area contributed by atoms with Crippen molar-refractivity contribution in [2.24, 2.45) is 0 Å². The predicted molar refractivity (Wildman–Crippen MR) is 45.8 cm³/mol. The zero-order valence-corrected chi connectivity index (χ0v) is 7.10. The van der Waals surface area contributed by atoms with E-state index >= 15 is 0 Å². The van der Waals surface area contributed by atoms with Gasteiger partial charge in [-0.2, -0.15) is 5.26 Å². The van der Waals surface area contributed by atoms with Crippen molar-refractivity contribution in [2.75, 3.05) is 5.32 Å². The van der Waals surface area contributed by atoms with Crippen molar-refractivity contribution in [3.05, 3.63) is 28.5 Å². The lowest BCUT2D eigenvalue weighted by molar-refractivity contribution is -0.105. The van der Waals surface area contributed by atoms with E-state index in [0.29, 0.717) is 6.41 Å². The van der Waals surface area contributed by atoms with Gasteiger partial charge in [-0.3, -0.25) is 4.79 Å². The molecule has 1 N–H and O–H groups in total. The largest absolute Gasteiger partial charge is 0.327 e. The number of nitrogens with one attached hydrogen (secondary N) is 1. The molecule has 0 unspecified atom stereocenters. The van der Waals surface area contributed by atoms with Crippen LogP contribution in [-0.2, 0) is 4.79 Å². The number of nitriles is 1. The SMILES string of the molecule is N#Cc1cc(Cl)c(F)cc1NC=O. The van der Waals surface area contributed by atoms with Crippen LogP contribution >= 0.6 is 11.6 Å². The summed E-state index contributed by atoms with van der Waals surface area (Å²) in [5.74, 6) is -0.676. The van der Waals surface area contributed by atoms with Gasteiger partial charge in [0.1, 0.15) is 11.9 Å². The molecule has 0 saturated carbocycles. The lowest BCUT2D eigenvalue weighted by atomic mass is 10.2. The van der Waals surface area contributed by atoms with Gasteiger partial charge in [-0.15, -0.1) is 0 Å². The van der Waals surface area contributed by atoms with Crippen LogP contribution in [0.5, 0.6) is 0 Å². The molecule has 0 spiro atoms. The number of nitrogens with zero attached hydrogens (tertiary/aromatic N) is 1. The molecule has 1 amide bonds. The van der Waals surface area contributed by atoms with Gasteiger partial charge in [0.05, 0.1) is 16.3 Å². The topological polar surface area (TPSA) is 52.9 Å². The fourth-order valence-corrected chi connectivity index (χ4v) is 0.986. The molecule has 0 aromatic heterocycles. The van der Waals surface area contributed by atoms with Crippen molar-refractivity contribution in [3.63, 3.8) is 0 Å². The zero-order valence-electron chi connectivity index (χ0n) is 6.34. The Morgan fingerprint density at radius 2 is 2.31 bits per heavy atom. The first-order valence-corrected chi connectivity index (χ1v) is 3.66. The maximum Gasteiger partial charge on any atom is 0.211 e. The van der Waals surface area contributed by atoms with E-state index in [1.807, 2.05) is 0 Å². The Balaban J connectivity index is 3.26. The monoisotopic (exact) mass is 198 g/mol. The van der Waals surface area contributed by atoms with Crippen LogP contribution in [0.2, 0.25) is 5.02 Å². The van der Waals surface area contributed by atoms with Gasteiger partial charge in [0.15, 0.2) is 0 Å². The van der Waals surface area contributed by atoms with Crippen LogP contribution in [0.3, 0.4) is 0 Å². The summed E-state index contributed by atoms with van der Waals surface area (Å²) in [5, 5.41) is 10.6. The molecule has 0 aliphatic carbocycles. The van der Waals surface area contributed by atoms with Gasteiger partial charge in [-0.25, -0.2) is 4.39 Å². The van der Waals surface area contributed by atoms with Gasteiger partial charge in [0.25, 0.3) is 0 Å². The van der Waals surface area contributed by atoms with Crippen molar-refractivity contribution < 1.29 is 9.18 Å². The molecule has 13 heavy (non-hydrogen) atoms. The Morgan fingerprint density at radius 3 is 2.85 bits per heavy atom. The van der Waals surface area contributed by atoms with Gasteiger partial charge >= 0.3 is 0 Å². The Hall–Kier alpha value is -1.60. The molecule has 0 bridgehead atoms. The normalized spacial score (nSPS) is 9.00. The van der Waals surface area contributed by atoms with E-state index < -0.39 is 5.82 Å². The molecule has 1 aromatic carbocycles. The van der Waals surface area contributed by atoms with Gasteiger partial charge in [0, 0.05) is 6.07 Å². The van der Waals surface area contributed by atoms with Crippen LogP contribution in [0.1, 0.15) is 5.56 Å². The maximum absolute atomic E-state index is 12.8. The highest BCUT2D eigenvalue weighted by Crippen LogP contribution is 2.22. The first-order valence-electron chi connectivity index (χ1n) is 3.28. The predicted octanol–water partition coefficient (Wildman–Crippen LogP) is 1.92. The van der Waals surface area contributed by atoms with E-state index in [0.717, 1.165) is 12.1 Å². The fourth-order valence-electron chi connectivity index (χ4n) is 0.822. The minimum Gasteiger partial charge on any atom is -0.327 e. The molecule has 3 nitrogen and oxygen atoms in total. The van der Waals surface area contributed by atoms with Crippen molar-refractivity contribution in [1.29, 1.82) is 5.26 Å². The maximum atomic E-state index is 12.8. The number of rotatable bonds is 2. The molecule has 0 fully saturated rings. The molecule has 0 heterocycles. The summed E-state index contributed by atoms with van der Waals surface area (Å²) in [7, 11) is 0. The Kier molecular flexibility index (Phi) is 2.83. The first-order chi connectivity index (χ1) is 6.19. The summed E-state index contributed by atoms with van der Waals surface area (Å²) < 4.78 is 12.8. The zero-order chi connectivity index (χ0) is 9.84. The van der Waals surface area contributed by atoms with E-state index in [-0.39, 0.29) is 16.3 Å². The highest BCUT2D eigenvalue weighted by atomic mass is 35.5. The molecule has 0 aliphatic rings. The van der Waals surface area contributed by atoms with Crippen molar-refractivity contribution in [1.82, 2.24) is 0 Å². The van der Waals surface area contributed by atoms with E-state index in [1.165, 1.54) is 0 Å². The summed E-state index contributed by atoms with van der Waals surface area (Å²) in [6, 6.07) is 3.93. The van der Waals surface area contributed by atoms with Crippen LogP contribution in [0.25, 0.3) is 0 Å². The lowest BCUT2D eigenvalue weighted by Crippen LogP contribution is -1.97. The van der Waals surface area contributed by atoms with Crippen LogP contribution in [0.4, 0.5) is 10.1 Å². The van der Waals surface area contributed by atoms with Gasteiger partial charge in [0.2, 0.25) is 6.41 Å². The minimum atomic E-state index is -0.676. The Morgan fingerprint density at radius 1 is 1.62 bits per heavy atom. The summed E-state index contributed by atoms with van der Waals surface area (Å²) in [6.07, 6.45) is 0.365. The third-order valence-electron chi connectivity index (χ3n) is 1.40. The molecular weight excluding hydrogens is 195 g/mol. The second-order valence-corrected chi connectivity index (χ2v) is 2.59. The molecule has 5 heteroatoms. The van der Waals surface area contributed by atoms with E-state index in [1.54, 1.807) is 6.07 Å². The summed E-state index contributed by atoms with van der Waals surface area (Å²) >= 11 is 5.42. The number of amides is 1. The number of anilines is 1. The summed E-state index contributed by atoms with van der Waals surface area (Å²) in [5.41, 5.74) is 0.234. The third kappa shape index (κ3) is 1.95. The second-order valence-electron chi connectivity index (χ2n) is 2.19. The number of hydrogen-bond acceptors (Lipinski definition) is 2. The number of benzene rings is 1. The van der Waals surface area contributed by atoms with E-state index in [4.69, 9.17) is 16.9 Å². The first kappa shape index (κ1) is 9.49. The van der Waals surface area contributed by atoms with Gasteiger partial charge in [-0.1, -0.05) is 11.6 Å². The fraction of sp³-hybridized carbons (Fsp3) is 0. The van der Waals surface area contributed by atoms with E-state index in [9.17, 15) is 9.18 Å². The minimum absolute atomic E-state index is 0.111. The number of carbonyl (C=O) groups excluding carboxylic acids is 1. The van der Waals surface area contributed by atoms with Crippen molar-refractivity contribution >= 4 is 23.7 Å². The summed E-state index contributed by atoms with van der Waals surface area (Å²) in [6.45, 7) is 0. The molecule has 0 atom stereocenters. The lowest BCUT2D eigenvalue weighted by Gasteiger charge is -2.02. The van der Waals surface area contributed by atoms with Crippen LogP contribution in [0, 0.1) is 17.1 Å². The summed E-state index contributed by atoms with van der Waals surface area (Å²) in [4.78, 5) is 10.1. The quantitative estimate of drug-likeness (QED) is 0.739. The Labute approximate surface area is 78.7 Å². The van der Waals surface area contributed by atoms with E-state index in [2.05, 4.69) is 5.32 Å². The average Bonchev–Trinajstić information content (AvgIpc) is 2.11. The van der Waals surface area contributed by atoms with Crippen LogP contribution in [-0.4, -0.2) is 6.41 Å². The number of hydrogen-bond donors (Lipinski definition) is 1. The van der Waals surface area contributed by atoms with Crippen molar-refractivity contribution in [2.45, 2.75) is 0 Å². The molecule has 66 valence electrons. The average molecular weight is 199 g/mol. The van der Waals surface area contributed by atoms with Gasteiger partial charge < -0.3 is 5.32 Å². The standard InChI is InChI=1S/C8H4ClFN2O/c9-6-1-5(3-11)8(12-4-13)2-7(6)10/h1-2,4H,(H,12,13). The highest BCUT2D eigenvalue weighted by molar-refractivity contribution is 6.31. The highest BCUT2D eigenvalue weighted by Gasteiger charge is 2.07. The number of halogens is 2. The second kappa shape index (κ2) is 3.87. The third-order valence-corrected chi connectivity index (χ3v) is 1.68. The Bertz CT molecular complexity index is 386. The molecule has 1 rings (SSSR count). The smallest absolute Gasteiger partial charge is 0.211 e.